The number of nitrogens with zero attached hydrogens (tertiary/aromatic N) is 1. The molecule has 326 valence electrons. The second-order valence-electron chi connectivity index (χ2n) is 12.9. The number of amides is 5. The standard InChI is InChI=1S/C39H59N3O16/c1-30(43)58-29-28-57-27-26-56-25-24-55-23-22-54-21-20-53-19-18-52-17-16-51-15-14-50-13-12-49-11-4-2-3-8-34(44)40-32-7-5-6-31-36(32)39(48)42(38(31)47)33-9-10-35(45)41-37(33)46/h5-7,33H,2-4,8-29H2,1H3,(H,40,44)(H,41,45,46). The number of rotatable bonds is 35. The van der Waals surface area contributed by atoms with Gasteiger partial charge in [-0.1, -0.05) is 12.5 Å². The van der Waals surface area contributed by atoms with E-state index in [0.717, 1.165) is 17.7 Å². The van der Waals surface area contributed by atoms with Crippen LogP contribution in [0, 0.1) is 0 Å². The first kappa shape index (κ1) is 48.4. The fourth-order valence-corrected chi connectivity index (χ4v) is 5.60. The average molecular weight is 826 g/mol. The third kappa shape index (κ3) is 19.7. The molecular weight excluding hydrogens is 766 g/mol. The van der Waals surface area contributed by atoms with E-state index in [2.05, 4.69) is 10.6 Å². The zero-order valence-corrected chi connectivity index (χ0v) is 33.5. The summed E-state index contributed by atoms with van der Waals surface area (Å²) in [6, 6.07) is 3.52. The molecular formula is C39H59N3O16. The molecule has 1 fully saturated rings. The SMILES string of the molecule is CC(=O)OCCOCCOCCOCCOCCOCCOCCOCCOCCOCCCCCC(=O)Nc1cccc2c1C(=O)N(C1CCC(=O)NC1=O)C2=O. The van der Waals surface area contributed by atoms with Gasteiger partial charge in [-0.3, -0.25) is 39.0 Å². The molecule has 1 aromatic rings. The van der Waals surface area contributed by atoms with Crippen LogP contribution in [0.4, 0.5) is 5.69 Å². The highest BCUT2D eigenvalue weighted by Gasteiger charge is 2.45. The summed E-state index contributed by atoms with van der Waals surface area (Å²) in [4.78, 5) is 74.1. The number of carbonyl (C=O) groups excluding carboxylic acids is 6. The molecule has 0 spiro atoms. The molecule has 2 N–H and O–H groups in total. The number of fused-ring (bicyclic) bond motifs is 1. The minimum absolute atomic E-state index is 0.0258. The van der Waals surface area contributed by atoms with E-state index in [1.54, 1.807) is 12.1 Å². The number of nitrogens with one attached hydrogen (secondary N) is 2. The summed E-state index contributed by atoms with van der Waals surface area (Å²) in [5.41, 5.74) is 0.373. The van der Waals surface area contributed by atoms with Crippen molar-refractivity contribution in [2.24, 2.45) is 0 Å². The molecule has 0 bridgehead atoms. The average Bonchev–Trinajstić information content (AvgIpc) is 3.45. The third-order valence-corrected chi connectivity index (χ3v) is 8.44. The van der Waals surface area contributed by atoms with Gasteiger partial charge in [0.2, 0.25) is 17.7 Å². The van der Waals surface area contributed by atoms with Crippen LogP contribution in [-0.2, 0) is 66.5 Å². The van der Waals surface area contributed by atoms with Crippen LogP contribution in [0.2, 0.25) is 0 Å². The summed E-state index contributed by atoms with van der Waals surface area (Å²) in [5.74, 6) is -3.05. The van der Waals surface area contributed by atoms with Crippen LogP contribution in [0.5, 0.6) is 0 Å². The van der Waals surface area contributed by atoms with Crippen molar-refractivity contribution in [1.29, 1.82) is 0 Å². The Hall–Kier alpha value is -3.92. The van der Waals surface area contributed by atoms with Gasteiger partial charge in [-0.15, -0.1) is 0 Å². The van der Waals surface area contributed by atoms with Crippen LogP contribution in [-0.4, -0.2) is 172 Å². The smallest absolute Gasteiger partial charge is 0.302 e. The number of hydrogen-bond donors (Lipinski definition) is 2. The Balaban J connectivity index is 1.02. The van der Waals surface area contributed by atoms with Gasteiger partial charge in [-0.05, 0) is 31.4 Å². The third-order valence-electron chi connectivity index (χ3n) is 8.44. The van der Waals surface area contributed by atoms with Crippen molar-refractivity contribution in [1.82, 2.24) is 10.2 Å². The molecule has 1 atom stereocenters. The van der Waals surface area contributed by atoms with Gasteiger partial charge in [0.25, 0.3) is 11.8 Å². The Labute approximate surface area is 338 Å². The maximum Gasteiger partial charge on any atom is 0.302 e. The fourth-order valence-electron chi connectivity index (χ4n) is 5.60. The van der Waals surface area contributed by atoms with Crippen molar-refractivity contribution in [3.8, 4) is 0 Å². The van der Waals surface area contributed by atoms with Crippen molar-refractivity contribution in [2.45, 2.75) is 51.5 Å². The van der Waals surface area contributed by atoms with E-state index in [-0.39, 0.29) is 54.6 Å². The zero-order valence-electron chi connectivity index (χ0n) is 33.5. The topological polar surface area (TPSA) is 222 Å². The largest absolute Gasteiger partial charge is 0.463 e. The predicted octanol–water partition coefficient (Wildman–Crippen LogP) is 1.30. The molecule has 5 amide bonds. The first-order chi connectivity index (χ1) is 28.3. The number of benzene rings is 1. The molecule has 2 aliphatic rings. The molecule has 3 rings (SSSR count). The van der Waals surface area contributed by atoms with Crippen LogP contribution >= 0.6 is 0 Å². The molecule has 1 aromatic carbocycles. The maximum absolute atomic E-state index is 13.2. The molecule has 1 unspecified atom stereocenters. The Bertz CT molecular complexity index is 1410. The van der Waals surface area contributed by atoms with Crippen LogP contribution in [0.15, 0.2) is 18.2 Å². The Morgan fingerprint density at radius 3 is 1.55 bits per heavy atom. The van der Waals surface area contributed by atoms with E-state index < -0.39 is 29.7 Å². The first-order valence-corrected chi connectivity index (χ1v) is 19.8. The van der Waals surface area contributed by atoms with E-state index in [4.69, 9.17) is 47.4 Å². The number of imide groups is 2. The van der Waals surface area contributed by atoms with Crippen LogP contribution in [0.3, 0.4) is 0 Å². The van der Waals surface area contributed by atoms with Crippen molar-refractivity contribution in [3.05, 3.63) is 29.3 Å². The van der Waals surface area contributed by atoms with E-state index in [1.165, 1.54) is 13.0 Å². The highest BCUT2D eigenvalue weighted by molar-refractivity contribution is 6.26. The quantitative estimate of drug-likeness (QED) is 0.0559. The highest BCUT2D eigenvalue weighted by atomic mass is 16.6. The Kier molecular flexibility index (Phi) is 25.2. The lowest BCUT2D eigenvalue weighted by atomic mass is 10.0. The summed E-state index contributed by atoms with van der Waals surface area (Å²) in [5, 5.41) is 4.90. The van der Waals surface area contributed by atoms with Crippen molar-refractivity contribution in [3.63, 3.8) is 0 Å². The van der Waals surface area contributed by atoms with Crippen molar-refractivity contribution < 1.29 is 76.1 Å². The maximum atomic E-state index is 13.2. The highest BCUT2D eigenvalue weighted by Crippen LogP contribution is 2.32. The molecule has 1 saturated heterocycles. The van der Waals surface area contributed by atoms with E-state index >= 15 is 0 Å². The predicted molar refractivity (Wildman–Crippen MR) is 204 cm³/mol. The minimum Gasteiger partial charge on any atom is -0.463 e. The van der Waals surface area contributed by atoms with Gasteiger partial charge < -0.3 is 52.7 Å². The molecule has 19 nitrogen and oxygen atoms in total. The van der Waals surface area contributed by atoms with E-state index in [0.29, 0.717) is 125 Å². The van der Waals surface area contributed by atoms with Gasteiger partial charge in [0, 0.05) is 26.4 Å². The number of carbonyl (C=O) groups is 6. The van der Waals surface area contributed by atoms with Gasteiger partial charge in [0.05, 0.1) is 129 Å². The lowest BCUT2D eigenvalue weighted by molar-refractivity contribution is -0.142. The van der Waals surface area contributed by atoms with Gasteiger partial charge in [-0.2, -0.15) is 0 Å². The van der Waals surface area contributed by atoms with Crippen molar-refractivity contribution >= 4 is 41.2 Å². The number of unbranched alkanes of at least 4 members (excludes halogenated alkanes) is 2. The zero-order chi connectivity index (χ0) is 41.6. The van der Waals surface area contributed by atoms with Gasteiger partial charge in [0.1, 0.15) is 12.6 Å². The summed E-state index contributed by atoms with van der Waals surface area (Å²) < 4.78 is 53.8. The summed E-state index contributed by atoms with van der Waals surface area (Å²) in [6.07, 6.45) is 2.43. The lowest BCUT2D eigenvalue weighted by Crippen LogP contribution is -2.54. The van der Waals surface area contributed by atoms with Crippen LogP contribution in [0.1, 0.15) is 66.2 Å². The molecule has 0 radical (unpaired) electrons. The molecule has 2 heterocycles. The lowest BCUT2D eigenvalue weighted by Gasteiger charge is -2.27. The number of ether oxygens (including phenoxy) is 10. The van der Waals surface area contributed by atoms with Crippen LogP contribution in [0.25, 0.3) is 0 Å². The van der Waals surface area contributed by atoms with Crippen LogP contribution < -0.4 is 10.6 Å². The molecule has 0 saturated carbocycles. The summed E-state index contributed by atoms with van der Waals surface area (Å²) in [6.45, 7) is 9.72. The van der Waals surface area contributed by atoms with E-state index in [1.807, 2.05) is 0 Å². The van der Waals surface area contributed by atoms with E-state index in [9.17, 15) is 28.8 Å². The Morgan fingerprint density at radius 1 is 0.621 bits per heavy atom. The van der Waals surface area contributed by atoms with Gasteiger partial charge in [-0.25, -0.2) is 0 Å². The monoisotopic (exact) mass is 825 g/mol. The summed E-state index contributed by atoms with van der Waals surface area (Å²) >= 11 is 0. The number of piperidine rings is 1. The number of hydrogen-bond acceptors (Lipinski definition) is 16. The van der Waals surface area contributed by atoms with Crippen molar-refractivity contribution in [2.75, 3.05) is 131 Å². The molecule has 58 heavy (non-hydrogen) atoms. The fraction of sp³-hybridized carbons (Fsp3) is 0.692. The normalized spacial score (nSPS) is 15.2. The second-order valence-corrected chi connectivity index (χ2v) is 12.9. The first-order valence-electron chi connectivity index (χ1n) is 19.8. The molecule has 0 aliphatic carbocycles. The van der Waals surface area contributed by atoms with Gasteiger partial charge >= 0.3 is 5.97 Å². The molecule has 19 heteroatoms. The Morgan fingerprint density at radius 2 is 1.09 bits per heavy atom. The second kappa shape index (κ2) is 30.2. The molecule has 0 aromatic heterocycles. The summed E-state index contributed by atoms with van der Waals surface area (Å²) in [7, 11) is 0. The number of anilines is 1. The minimum atomic E-state index is -1.08. The number of esters is 1. The molecule has 2 aliphatic heterocycles. The van der Waals surface area contributed by atoms with Gasteiger partial charge in [0.15, 0.2) is 0 Å².